The second-order valence-electron chi connectivity index (χ2n) is 4.01. The van der Waals surface area contributed by atoms with Gasteiger partial charge in [0.15, 0.2) is 5.65 Å². The van der Waals surface area contributed by atoms with Crippen LogP contribution in [0.2, 0.25) is 0 Å². The van der Waals surface area contributed by atoms with Crippen LogP contribution in [0.25, 0.3) is 11.0 Å². The van der Waals surface area contributed by atoms with E-state index in [0.29, 0.717) is 12.8 Å². The van der Waals surface area contributed by atoms with Crippen LogP contribution in [0.1, 0.15) is 12.0 Å². The van der Waals surface area contributed by atoms with Gasteiger partial charge in [0.1, 0.15) is 6.04 Å². The molecule has 6 nitrogen and oxygen atoms in total. The fourth-order valence-electron chi connectivity index (χ4n) is 1.67. The Kier molecular flexibility index (Phi) is 6.75. The highest BCUT2D eigenvalue weighted by atomic mass is 35.5. The Morgan fingerprint density at radius 2 is 2.16 bits per heavy atom. The molecule has 0 fully saturated rings. The highest BCUT2D eigenvalue weighted by Gasteiger charge is 2.11. The molecule has 0 saturated heterocycles. The Labute approximate surface area is 122 Å². The van der Waals surface area contributed by atoms with Crippen molar-refractivity contribution in [1.82, 2.24) is 14.8 Å². The first-order valence-electron chi connectivity index (χ1n) is 5.33. The fourth-order valence-corrected chi connectivity index (χ4v) is 1.67. The number of nitrogens with zero attached hydrogens (tertiary/aromatic N) is 3. The van der Waals surface area contributed by atoms with E-state index < -0.39 is 12.0 Å². The summed E-state index contributed by atoms with van der Waals surface area (Å²) in [4.78, 5) is 14.9. The molecule has 1 atom stereocenters. The molecule has 8 heteroatoms. The lowest BCUT2D eigenvalue weighted by Crippen LogP contribution is -2.30. The average Bonchev–Trinajstić information content (AvgIpc) is 2.67. The van der Waals surface area contributed by atoms with Crippen LogP contribution in [-0.4, -0.2) is 31.9 Å². The number of aliphatic carboxylic acids is 1. The van der Waals surface area contributed by atoms with Crippen LogP contribution in [0, 0.1) is 0 Å². The number of carbonyl (C=O) groups is 1. The third-order valence-corrected chi connectivity index (χ3v) is 2.69. The number of hydrogen-bond acceptors (Lipinski definition) is 4. The van der Waals surface area contributed by atoms with Gasteiger partial charge in [-0.1, -0.05) is 0 Å². The predicted molar refractivity (Wildman–Crippen MR) is 76.9 cm³/mol. The Morgan fingerprint density at radius 3 is 2.79 bits per heavy atom. The van der Waals surface area contributed by atoms with E-state index >= 15 is 0 Å². The van der Waals surface area contributed by atoms with Crippen LogP contribution in [0.5, 0.6) is 0 Å². The molecule has 2 rings (SSSR count). The molecule has 3 N–H and O–H groups in total. The number of aromatic nitrogens is 3. The van der Waals surface area contributed by atoms with Crippen LogP contribution >= 0.6 is 24.8 Å². The van der Waals surface area contributed by atoms with Gasteiger partial charge in [-0.25, -0.2) is 4.98 Å². The second-order valence-corrected chi connectivity index (χ2v) is 4.01. The molecule has 2 heterocycles. The molecular weight excluding hydrogens is 291 g/mol. The smallest absolute Gasteiger partial charge is 0.320 e. The van der Waals surface area contributed by atoms with Crippen LogP contribution < -0.4 is 5.73 Å². The highest BCUT2D eigenvalue weighted by molar-refractivity contribution is 5.85. The minimum atomic E-state index is -0.972. The van der Waals surface area contributed by atoms with Gasteiger partial charge in [-0.2, -0.15) is 5.10 Å². The van der Waals surface area contributed by atoms with Crippen molar-refractivity contribution in [1.29, 1.82) is 0 Å². The maximum atomic E-state index is 10.6. The van der Waals surface area contributed by atoms with Crippen molar-refractivity contribution < 1.29 is 9.90 Å². The van der Waals surface area contributed by atoms with Gasteiger partial charge in [0.05, 0.1) is 6.20 Å². The average molecular weight is 307 g/mol. The summed E-state index contributed by atoms with van der Waals surface area (Å²) >= 11 is 0. The van der Waals surface area contributed by atoms with Gasteiger partial charge in [0.25, 0.3) is 0 Å². The van der Waals surface area contributed by atoms with E-state index in [4.69, 9.17) is 10.8 Å². The minimum absolute atomic E-state index is 0. The fraction of sp³-hybridized carbons (Fsp3) is 0.364. The third-order valence-electron chi connectivity index (χ3n) is 2.69. The second kappa shape index (κ2) is 7.28. The summed E-state index contributed by atoms with van der Waals surface area (Å²) in [7, 11) is 1.83. The van der Waals surface area contributed by atoms with Gasteiger partial charge in [0.2, 0.25) is 0 Å². The maximum absolute atomic E-state index is 10.6. The number of pyridine rings is 1. The number of carboxylic acids is 1. The van der Waals surface area contributed by atoms with E-state index in [-0.39, 0.29) is 24.8 Å². The monoisotopic (exact) mass is 306 g/mol. The number of fused-ring (bicyclic) bond motifs is 1. The van der Waals surface area contributed by atoms with Gasteiger partial charge in [-0.15, -0.1) is 24.8 Å². The lowest BCUT2D eigenvalue weighted by Gasteiger charge is -2.05. The summed E-state index contributed by atoms with van der Waals surface area (Å²) in [5, 5.41) is 13.7. The summed E-state index contributed by atoms with van der Waals surface area (Å²) in [6.45, 7) is 0. The molecule has 0 amide bonds. The molecule has 0 aliphatic heterocycles. The Hall–Kier alpha value is -1.37. The number of rotatable bonds is 4. The normalized spacial score (nSPS) is 11.5. The number of halogens is 2. The van der Waals surface area contributed by atoms with E-state index in [1.54, 1.807) is 17.1 Å². The standard InChI is InChI=1S/C11H14N4O2.2ClH/c1-15-10-8(6-14-15)4-7(5-13-10)2-3-9(12)11(16)17;;/h4-6,9H,2-3,12H2,1H3,(H,16,17);2*1H. The van der Waals surface area contributed by atoms with E-state index in [1.807, 2.05) is 13.1 Å². The van der Waals surface area contributed by atoms with E-state index in [1.165, 1.54) is 0 Å². The molecule has 1 unspecified atom stereocenters. The molecule has 19 heavy (non-hydrogen) atoms. The number of nitrogens with two attached hydrogens (primary N) is 1. The zero-order valence-electron chi connectivity index (χ0n) is 10.3. The first-order valence-corrected chi connectivity index (χ1v) is 5.33. The molecule has 2 aromatic rings. The summed E-state index contributed by atoms with van der Waals surface area (Å²) in [6.07, 6.45) is 4.48. The van der Waals surface area contributed by atoms with Gasteiger partial charge in [-0.3, -0.25) is 9.48 Å². The molecule has 0 aromatic carbocycles. The van der Waals surface area contributed by atoms with Crippen molar-refractivity contribution in [3.63, 3.8) is 0 Å². The lowest BCUT2D eigenvalue weighted by molar-refractivity contribution is -0.138. The molecule has 0 bridgehead atoms. The zero-order valence-corrected chi connectivity index (χ0v) is 11.9. The maximum Gasteiger partial charge on any atom is 0.320 e. The third kappa shape index (κ3) is 4.05. The topological polar surface area (TPSA) is 94.0 Å². The Bertz CT molecular complexity index is 559. The van der Waals surface area contributed by atoms with Crippen LogP contribution in [0.15, 0.2) is 18.5 Å². The molecule has 0 aliphatic rings. The van der Waals surface area contributed by atoms with Gasteiger partial charge < -0.3 is 10.8 Å². The van der Waals surface area contributed by atoms with E-state index in [0.717, 1.165) is 16.6 Å². The summed E-state index contributed by atoms with van der Waals surface area (Å²) in [6, 6.07) is 1.14. The van der Waals surface area contributed by atoms with Gasteiger partial charge in [-0.05, 0) is 24.5 Å². The molecule has 0 saturated carbocycles. The molecule has 2 aromatic heterocycles. The summed E-state index contributed by atoms with van der Waals surface area (Å²) in [5.74, 6) is -0.972. The quantitative estimate of drug-likeness (QED) is 0.884. The van der Waals surface area contributed by atoms with Crippen LogP contribution in [-0.2, 0) is 18.3 Å². The van der Waals surface area contributed by atoms with Crippen molar-refractivity contribution in [2.75, 3.05) is 0 Å². The lowest BCUT2D eigenvalue weighted by atomic mass is 10.1. The van der Waals surface area contributed by atoms with E-state index in [9.17, 15) is 4.79 Å². The molecule has 0 radical (unpaired) electrons. The number of hydrogen-bond donors (Lipinski definition) is 2. The van der Waals surface area contributed by atoms with Crippen LogP contribution in [0.4, 0.5) is 0 Å². The first-order chi connectivity index (χ1) is 8.08. The highest BCUT2D eigenvalue weighted by Crippen LogP contribution is 2.13. The van der Waals surface area contributed by atoms with Crippen molar-refractivity contribution in [2.45, 2.75) is 18.9 Å². The SMILES string of the molecule is Cl.Cl.Cn1ncc2cc(CCC(N)C(=O)O)cnc21. The zero-order chi connectivity index (χ0) is 12.4. The Balaban J connectivity index is 0.00000162. The molecule has 0 aliphatic carbocycles. The van der Waals surface area contributed by atoms with Crippen molar-refractivity contribution in [3.05, 3.63) is 24.0 Å². The van der Waals surface area contributed by atoms with Gasteiger partial charge in [0, 0.05) is 18.6 Å². The summed E-state index contributed by atoms with van der Waals surface area (Å²) in [5.41, 5.74) is 7.23. The predicted octanol–water partition coefficient (Wildman–Crippen LogP) is 1.16. The summed E-state index contributed by atoms with van der Waals surface area (Å²) < 4.78 is 1.70. The van der Waals surface area contributed by atoms with Crippen LogP contribution in [0.3, 0.4) is 0 Å². The molecule has 106 valence electrons. The van der Waals surface area contributed by atoms with Crippen molar-refractivity contribution in [3.8, 4) is 0 Å². The first kappa shape index (κ1) is 17.6. The molecule has 0 spiro atoms. The van der Waals surface area contributed by atoms with E-state index in [2.05, 4.69) is 10.1 Å². The van der Waals surface area contributed by atoms with Crippen molar-refractivity contribution in [2.24, 2.45) is 12.8 Å². The number of aryl methyl sites for hydroxylation is 2. The minimum Gasteiger partial charge on any atom is -0.480 e. The molecular formula is C11H16Cl2N4O2. The number of carboxylic acid groups (broad SMARTS) is 1. The Morgan fingerprint density at radius 1 is 1.47 bits per heavy atom. The van der Waals surface area contributed by atoms with Gasteiger partial charge >= 0.3 is 5.97 Å². The largest absolute Gasteiger partial charge is 0.480 e. The van der Waals surface area contributed by atoms with Crippen molar-refractivity contribution >= 4 is 41.8 Å².